The lowest BCUT2D eigenvalue weighted by Crippen LogP contribution is -2.23. The van der Waals surface area contributed by atoms with E-state index in [0.29, 0.717) is 0 Å². The third-order valence-corrected chi connectivity index (χ3v) is 3.29. The van der Waals surface area contributed by atoms with Crippen LogP contribution in [0.15, 0.2) is 24.3 Å². The van der Waals surface area contributed by atoms with Crippen LogP contribution < -0.4 is 11.1 Å². The summed E-state index contributed by atoms with van der Waals surface area (Å²) in [6.45, 7) is 3.91. The second-order valence-corrected chi connectivity index (χ2v) is 4.69. The smallest absolute Gasteiger partial charge is 0.126 e. The number of rotatable bonds is 6. The van der Waals surface area contributed by atoms with Crippen molar-refractivity contribution in [1.82, 2.24) is 14.9 Å². The van der Waals surface area contributed by atoms with Crippen LogP contribution in [0.3, 0.4) is 0 Å². The lowest BCUT2D eigenvalue weighted by Gasteiger charge is -2.13. The van der Waals surface area contributed by atoms with Crippen molar-refractivity contribution in [2.45, 2.75) is 25.8 Å². The number of hydrogen-bond donors (Lipinski definition) is 2. The summed E-state index contributed by atoms with van der Waals surface area (Å²) in [6, 6.07) is 8.50. The van der Waals surface area contributed by atoms with Crippen LogP contribution in [0, 0.1) is 0 Å². The van der Waals surface area contributed by atoms with E-state index in [0.717, 1.165) is 37.3 Å². The zero-order valence-corrected chi connectivity index (χ0v) is 11.2. The number of fused-ring (bicyclic) bond motifs is 1. The molecule has 18 heavy (non-hydrogen) atoms. The van der Waals surface area contributed by atoms with Crippen LogP contribution >= 0.6 is 0 Å². The number of aryl methyl sites for hydroxylation is 1. The first-order valence-electron chi connectivity index (χ1n) is 6.59. The minimum Gasteiger partial charge on any atom is -0.330 e. The molecule has 0 spiro atoms. The number of nitrogens with one attached hydrogen (secondary N) is 1. The molecule has 1 unspecified atom stereocenters. The number of unbranched alkanes of at least 4 members (excludes halogenated alkanes) is 1. The molecule has 3 N–H and O–H groups in total. The van der Waals surface area contributed by atoms with Crippen molar-refractivity contribution in [3.8, 4) is 0 Å². The van der Waals surface area contributed by atoms with Crippen LogP contribution in [0.1, 0.15) is 31.6 Å². The van der Waals surface area contributed by atoms with Gasteiger partial charge in [-0.3, -0.25) is 0 Å². The van der Waals surface area contributed by atoms with Crippen LogP contribution in [0.25, 0.3) is 11.0 Å². The van der Waals surface area contributed by atoms with Gasteiger partial charge in [0.25, 0.3) is 0 Å². The Kier molecular flexibility index (Phi) is 4.33. The molecule has 0 saturated carbocycles. The van der Waals surface area contributed by atoms with Gasteiger partial charge in [0, 0.05) is 7.05 Å². The highest BCUT2D eigenvalue weighted by Gasteiger charge is 2.13. The van der Waals surface area contributed by atoms with Gasteiger partial charge in [-0.2, -0.15) is 0 Å². The van der Waals surface area contributed by atoms with Crippen LogP contribution in [0.4, 0.5) is 0 Å². The van der Waals surface area contributed by atoms with Crippen molar-refractivity contribution in [1.29, 1.82) is 0 Å². The maximum absolute atomic E-state index is 5.49. The highest BCUT2D eigenvalue weighted by molar-refractivity contribution is 5.75. The zero-order chi connectivity index (χ0) is 13.0. The molecule has 1 aromatic heterocycles. The first-order valence-corrected chi connectivity index (χ1v) is 6.59. The van der Waals surface area contributed by atoms with Gasteiger partial charge in [0.05, 0.1) is 17.1 Å². The fourth-order valence-electron chi connectivity index (χ4n) is 2.23. The molecule has 0 fully saturated rings. The molecule has 0 aliphatic heterocycles. The molecule has 1 aromatic carbocycles. The van der Waals surface area contributed by atoms with Gasteiger partial charge in [-0.15, -0.1) is 0 Å². The van der Waals surface area contributed by atoms with E-state index in [2.05, 4.69) is 41.0 Å². The molecular weight excluding hydrogens is 224 g/mol. The molecule has 98 valence electrons. The van der Waals surface area contributed by atoms with E-state index in [1.54, 1.807) is 0 Å². The fraction of sp³-hybridized carbons (Fsp3) is 0.500. The normalized spacial score (nSPS) is 13.1. The minimum absolute atomic E-state index is 0.264. The molecule has 0 amide bonds. The molecule has 4 heteroatoms. The maximum Gasteiger partial charge on any atom is 0.126 e. The summed E-state index contributed by atoms with van der Waals surface area (Å²) < 4.78 is 2.16. The largest absolute Gasteiger partial charge is 0.330 e. The molecule has 0 bridgehead atoms. The molecule has 1 heterocycles. The quantitative estimate of drug-likeness (QED) is 0.766. The van der Waals surface area contributed by atoms with Gasteiger partial charge in [0.1, 0.15) is 5.82 Å². The van der Waals surface area contributed by atoms with Gasteiger partial charge in [-0.1, -0.05) is 12.1 Å². The molecule has 1 atom stereocenters. The second-order valence-electron chi connectivity index (χ2n) is 4.69. The molecule has 2 aromatic rings. The molecule has 0 aliphatic carbocycles. The molecule has 0 saturated heterocycles. The Balaban J connectivity index is 2.08. The van der Waals surface area contributed by atoms with Gasteiger partial charge in [0.2, 0.25) is 0 Å². The number of imidazole rings is 1. The van der Waals surface area contributed by atoms with Crippen LogP contribution in [-0.4, -0.2) is 22.6 Å². The summed E-state index contributed by atoms with van der Waals surface area (Å²) in [7, 11) is 2.07. The van der Waals surface area contributed by atoms with Gasteiger partial charge in [0.15, 0.2) is 0 Å². The monoisotopic (exact) mass is 246 g/mol. The van der Waals surface area contributed by atoms with Gasteiger partial charge < -0.3 is 15.6 Å². The van der Waals surface area contributed by atoms with Crippen LogP contribution in [0.2, 0.25) is 0 Å². The summed E-state index contributed by atoms with van der Waals surface area (Å²) in [5.74, 6) is 1.09. The first kappa shape index (κ1) is 13.1. The van der Waals surface area contributed by atoms with Crippen molar-refractivity contribution < 1.29 is 0 Å². The maximum atomic E-state index is 5.49. The number of para-hydroxylation sites is 2. The average molecular weight is 246 g/mol. The van der Waals surface area contributed by atoms with E-state index in [1.165, 1.54) is 5.52 Å². The van der Waals surface area contributed by atoms with E-state index in [-0.39, 0.29) is 6.04 Å². The van der Waals surface area contributed by atoms with Crippen molar-refractivity contribution in [2.24, 2.45) is 12.8 Å². The predicted molar refractivity (Wildman–Crippen MR) is 75.4 cm³/mol. The van der Waals surface area contributed by atoms with Gasteiger partial charge in [-0.25, -0.2) is 4.98 Å². The Bertz CT molecular complexity index is 503. The Hall–Kier alpha value is -1.39. The number of aromatic nitrogens is 2. The average Bonchev–Trinajstić information content (AvgIpc) is 2.73. The summed E-state index contributed by atoms with van der Waals surface area (Å²) in [5.41, 5.74) is 7.73. The summed E-state index contributed by atoms with van der Waals surface area (Å²) in [4.78, 5) is 4.69. The SMILES string of the molecule is CC(NCCCCN)c1nc2ccccc2n1C. The van der Waals surface area contributed by atoms with E-state index in [1.807, 2.05) is 12.1 Å². The Morgan fingerprint density at radius 1 is 1.33 bits per heavy atom. The van der Waals surface area contributed by atoms with Gasteiger partial charge >= 0.3 is 0 Å². The summed E-state index contributed by atoms with van der Waals surface area (Å²) in [6.07, 6.45) is 2.19. The van der Waals surface area contributed by atoms with Crippen molar-refractivity contribution in [3.63, 3.8) is 0 Å². The zero-order valence-electron chi connectivity index (χ0n) is 11.2. The van der Waals surface area contributed by atoms with Crippen molar-refractivity contribution >= 4 is 11.0 Å². The lowest BCUT2D eigenvalue weighted by molar-refractivity contribution is 0.517. The topological polar surface area (TPSA) is 55.9 Å². The molecule has 0 aliphatic rings. The molecule has 2 rings (SSSR count). The first-order chi connectivity index (χ1) is 8.74. The third-order valence-electron chi connectivity index (χ3n) is 3.29. The molecule has 4 nitrogen and oxygen atoms in total. The number of nitrogens with two attached hydrogens (primary N) is 1. The number of nitrogens with zero attached hydrogens (tertiary/aromatic N) is 2. The van der Waals surface area contributed by atoms with E-state index in [9.17, 15) is 0 Å². The summed E-state index contributed by atoms with van der Waals surface area (Å²) >= 11 is 0. The Morgan fingerprint density at radius 3 is 2.83 bits per heavy atom. The Labute approximate surface area is 108 Å². The van der Waals surface area contributed by atoms with Crippen molar-refractivity contribution in [2.75, 3.05) is 13.1 Å². The lowest BCUT2D eigenvalue weighted by atomic mass is 10.2. The van der Waals surface area contributed by atoms with E-state index >= 15 is 0 Å². The minimum atomic E-state index is 0.264. The highest BCUT2D eigenvalue weighted by atomic mass is 15.1. The molecule has 0 radical (unpaired) electrons. The van der Waals surface area contributed by atoms with Crippen LogP contribution in [0.5, 0.6) is 0 Å². The standard InChI is InChI=1S/C14H22N4/c1-11(16-10-6-5-9-15)14-17-12-7-3-4-8-13(12)18(14)2/h3-4,7-8,11,16H,5-6,9-10,15H2,1-2H3. The second kappa shape index (κ2) is 5.98. The van der Waals surface area contributed by atoms with E-state index < -0.39 is 0 Å². The number of benzene rings is 1. The fourth-order valence-corrected chi connectivity index (χ4v) is 2.23. The highest BCUT2D eigenvalue weighted by Crippen LogP contribution is 2.18. The van der Waals surface area contributed by atoms with Gasteiger partial charge in [-0.05, 0) is 45.0 Å². The third kappa shape index (κ3) is 2.71. The van der Waals surface area contributed by atoms with Crippen molar-refractivity contribution in [3.05, 3.63) is 30.1 Å². The van der Waals surface area contributed by atoms with Crippen LogP contribution in [-0.2, 0) is 7.05 Å². The number of hydrogen-bond acceptors (Lipinski definition) is 3. The Morgan fingerprint density at radius 2 is 2.11 bits per heavy atom. The van der Waals surface area contributed by atoms with E-state index in [4.69, 9.17) is 5.73 Å². The predicted octanol–water partition coefficient (Wildman–Crippen LogP) is 1.96. The summed E-state index contributed by atoms with van der Waals surface area (Å²) in [5, 5.41) is 3.50. The molecular formula is C14H22N4.